The average Bonchev–Trinajstić information content (AvgIpc) is 3.03. The standard InChI is InChI=1S/C28H27F3N2O4S/c1-15(2)37-21-9-6-7-17-14-38-22-10-5-4-8-18(22)24(23(17)21)19-13-33(16(3)28(29,30)31)27(36)25-26(35)20(34)11-12-32(19)25/h4-12,15-16,19,24,35H,13-14H2,1-3H3/t16-,19?,24+/m1/s1. The Bertz CT molecular complexity index is 1450. The van der Waals surface area contributed by atoms with Gasteiger partial charge in [0.25, 0.3) is 5.91 Å². The van der Waals surface area contributed by atoms with Crippen LogP contribution in [0.4, 0.5) is 13.2 Å². The summed E-state index contributed by atoms with van der Waals surface area (Å²) in [5.41, 5.74) is 1.39. The molecule has 0 fully saturated rings. The van der Waals surface area contributed by atoms with E-state index in [1.54, 1.807) is 11.8 Å². The number of ether oxygens (including phenoxy) is 1. The van der Waals surface area contributed by atoms with Gasteiger partial charge in [-0.15, -0.1) is 11.8 Å². The highest BCUT2D eigenvalue weighted by molar-refractivity contribution is 7.98. The van der Waals surface area contributed by atoms with Crippen LogP contribution in [-0.2, 0) is 5.75 Å². The number of aromatic hydroxyl groups is 1. The van der Waals surface area contributed by atoms with Crippen molar-refractivity contribution >= 4 is 17.7 Å². The molecule has 1 N–H and O–H groups in total. The van der Waals surface area contributed by atoms with Crippen molar-refractivity contribution in [3.8, 4) is 11.5 Å². The van der Waals surface area contributed by atoms with Crippen LogP contribution in [0.15, 0.2) is 64.4 Å². The first-order valence-corrected chi connectivity index (χ1v) is 13.3. The quantitative estimate of drug-likeness (QED) is 0.455. The number of carbonyl (C=O) groups is 1. The molecule has 6 nitrogen and oxygen atoms in total. The second-order valence-corrected chi connectivity index (χ2v) is 10.8. The fraction of sp³-hybridized carbons (Fsp3) is 0.357. The van der Waals surface area contributed by atoms with Crippen LogP contribution in [0.1, 0.15) is 59.9 Å². The first-order valence-electron chi connectivity index (χ1n) is 12.3. The summed E-state index contributed by atoms with van der Waals surface area (Å²) in [4.78, 5) is 27.4. The maximum Gasteiger partial charge on any atom is 0.408 e. The number of hydrogen-bond acceptors (Lipinski definition) is 5. The summed E-state index contributed by atoms with van der Waals surface area (Å²) in [6.07, 6.45) is -3.47. The van der Waals surface area contributed by atoms with Crippen molar-refractivity contribution in [2.75, 3.05) is 6.54 Å². The molecule has 200 valence electrons. The summed E-state index contributed by atoms with van der Waals surface area (Å²) in [6.45, 7) is 4.43. The third-order valence-electron chi connectivity index (χ3n) is 7.10. The molecule has 1 aromatic heterocycles. The van der Waals surface area contributed by atoms with E-state index in [1.165, 1.54) is 10.8 Å². The van der Waals surface area contributed by atoms with Crippen LogP contribution in [0, 0.1) is 0 Å². The molecule has 3 heterocycles. The molecular formula is C28H27F3N2O4S. The van der Waals surface area contributed by atoms with E-state index in [2.05, 4.69) is 0 Å². The number of carbonyl (C=O) groups excluding carboxylic acids is 1. The van der Waals surface area contributed by atoms with Crippen molar-refractivity contribution in [3.05, 3.63) is 87.3 Å². The molecule has 3 aromatic rings. The summed E-state index contributed by atoms with van der Waals surface area (Å²) in [7, 11) is 0. The summed E-state index contributed by atoms with van der Waals surface area (Å²) >= 11 is 1.62. The number of pyridine rings is 1. The normalized spacial score (nSPS) is 19.9. The minimum Gasteiger partial charge on any atom is -0.503 e. The van der Waals surface area contributed by atoms with Crippen LogP contribution in [-0.4, -0.2) is 45.3 Å². The van der Waals surface area contributed by atoms with Crippen LogP contribution in [0.3, 0.4) is 0 Å². The van der Waals surface area contributed by atoms with Crippen molar-refractivity contribution in [1.29, 1.82) is 0 Å². The SMILES string of the molecule is CC(C)Oc1cccc2c1[C@H](C1CN([C@H](C)C(F)(F)F)C(=O)c3c(O)c(=O)ccn31)c1ccccc1SC2. The minimum absolute atomic E-state index is 0.157. The van der Waals surface area contributed by atoms with E-state index < -0.39 is 47.0 Å². The van der Waals surface area contributed by atoms with Gasteiger partial charge in [0.2, 0.25) is 5.43 Å². The van der Waals surface area contributed by atoms with Gasteiger partial charge < -0.3 is 19.3 Å². The molecule has 0 saturated carbocycles. The van der Waals surface area contributed by atoms with E-state index in [0.29, 0.717) is 16.4 Å². The van der Waals surface area contributed by atoms with Crippen molar-refractivity contribution in [2.24, 2.45) is 0 Å². The third kappa shape index (κ3) is 4.44. The Hall–Kier alpha value is -3.40. The van der Waals surface area contributed by atoms with Gasteiger partial charge in [0.1, 0.15) is 11.8 Å². The Morgan fingerprint density at radius 1 is 1.05 bits per heavy atom. The monoisotopic (exact) mass is 544 g/mol. The Balaban J connectivity index is 1.81. The summed E-state index contributed by atoms with van der Waals surface area (Å²) in [5.74, 6) is -1.20. The fourth-order valence-corrected chi connectivity index (χ4v) is 6.42. The zero-order valence-corrected chi connectivity index (χ0v) is 21.8. The molecule has 0 saturated heterocycles. The number of thioether (sulfide) groups is 1. The number of nitrogens with zero attached hydrogens (tertiary/aromatic N) is 2. The van der Waals surface area contributed by atoms with Gasteiger partial charge in [-0.3, -0.25) is 9.59 Å². The van der Waals surface area contributed by atoms with Crippen molar-refractivity contribution in [2.45, 2.75) is 61.7 Å². The average molecular weight is 545 g/mol. The zero-order chi connectivity index (χ0) is 27.4. The number of benzene rings is 2. The van der Waals surface area contributed by atoms with Crippen molar-refractivity contribution in [1.82, 2.24) is 9.47 Å². The number of rotatable bonds is 4. The lowest BCUT2D eigenvalue weighted by atomic mass is 9.80. The van der Waals surface area contributed by atoms with Crippen LogP contribution >= 0.6 is 11.8 Å². The van der Waals surface area contributed by atoms with Gasteiger partial charge in [-0.25, -0.2) is 0 Å². The smallest absolute Gasteiger partial charge is 0.408 e. The number of halogens is 3. The molecule has 0 aliphatic carbocycles. The molecule has 10 heteroatoms. The van der Waals surface area contributed by atoms with Gasteiger partial charge in [0.05, 0.1) is 12.1 Å². The van der Waals surface area contributed by atoms with Gasteiger partial charge in [0.15, 0.2) is 11.4 Å². The molecule has 2 aliphatic heterocycles. The molecule has 0 bridgehead atoms. The van der Waals surface area contributed by atoms with Crippen molar-refractivity contribution in [3.63, 3.8) is 0 Å². The molecule has 2 aliphatic rings. The molecule has 1 amide bonds. The molecule has 0 spiro atoms. The number of hydrogen-bond donors (Lipinski definition) is 1. The Morgan fingerprint density at radius 3 is 2.50 bits per heavy atom. The van der Waals surface area contributed by atoms with Crippen molar-refractivity contribution < 1.29 is 27.8 Å². The first-order chi connectivity index (χ1) is 18.0. The van der Waals surface area contributed by atoms with Crippen LogP contribution in [0.25, 0.3) is 0 Å². The van der Waals surface area contributed by atoms with E-state index >= 15 is 0 Å². The maximum atomic E-state index is 13.9. The molecule has 5 rings (SSSR count). The number of fused-ring (bicyclic) bond motifs is 3. The van der Waals surface area contributed by atoms with E-state index in [0.717, 1.165) is 34.6 Å². The maximum absolute atomic E-state index is 13.9. The van der Waals surface area contributed by atoms with Crippen LogP contribution < -0.4 is 10.2 Å². The van der Waals surface area contributed by atoms with Crippen LogP contribution in [0.5, 0.6) is 11.5 Å². The number of aromatic nitrogens is 1. The highest BCUT2D eigenvalue weighted by Gasteiger charge is 2.48. The van der Waals surface area contributed by atoms with Crippen LogP contribution in [0.2, 0.25) is 0 Å². The van der Waals surface area contributed by atoms with E-state index in [4.69, 9.17) is 4.74 Å². The predicted octanol–water partition coefficient (Wildman–Crippen LogP) is 5.73. The highest BCUT2D eigenvalue weighted by Crippen LogP contribution is 2.50. The second kappa shape index (κ2) is 9.72. The van der Waals surface area contributed by atoms with Gasteiger partial charge in [0, 0.05) is 40.9 Å². The lowest BCUT2D eigenvalue weighted by molar-refractivity contribution is -0.174. The number of amides is 1. The first kappa shape index (κ1) is 26.2. The predicted molar refractivity (Wildman–Crippen MR) is 138 cm³/mol. The Labute approximate surface area is 222 Å². The molecule has 0 radical (unpaired) electrons. The number of alkyl halides is 3. The van der Waals surface area contributed by atoms with Gasteiger partial charge in [-0.2, -0.15) is 13.2 Å². The Kier molecular flexibility index (Phi) is 6.71. The lowest BCUT2D eigenvalue weighted by Gasteiger charge is -2.43. The topological polar surface area (TPSA) is 71.8 Å². The third-order valence-corrected chi connectivity index (χ3v) is 8.24. The fourth-order valence-electron chi connectivity index (χ4n) is 5.32. The zero-order valence-electron chi connectivity index (χ0n) is 21.0. The van der Waals surface area contributed by atoms with Gasteiger partial charge in [-0.05, 0) is 44.0 Å². The Morgan fingerprint density at radius 2 is 1.79 bits per heavy atom. The second-order valence-electron chi connectivity index (χ2n) is 9.83. The molecular weight excluding hydrogens is 517 g/mol. The largest absolute Gasteiger partial charge is 0.503 e. The summed E-state index contributed by atoms with van der Waals surface area (Å²) in [6, 6.07) is 11.6. The highest BCUT2D eigenvalue weighted by atomic mass is 32.2. The minimum atomic E-state index is -4.70. The summed E-state index contributed by atoms with van der Waals surface area (Å²) < 4.78 is 49.5. The molecule has 38 heavy (non-hydrogen) atoms. The van der Waals surface area contributed by atoms with E-state index in [9.17, 15) is 27.9 Å². The van der Waals surface area contributed by atoms with E-state index in [1.807, 2.05) is 56.3 Å². The lowest BCUT2D eigenvalue weighted by Crippen LogP contribution is -2.54. The summed E-state index contributed by atoms with van der Waals surface area (Å²) in [5, 5.41) is 10.7. The van der Waals surface area contributed by atoms with Gasteiger partial charge in [-0.1, -0.05) is 30.3 Å². The molecule has 1 unspecified atom stereocenters. The van der Waals surface area contributed by atoms with Gasteiger partial charge >= 0.3 is 6.18 Å². The van der Waals surface area contributed by atoms with E-state index in [-0.39, 0.29) is 12.6 Å². The molecule has 2 aromatic carbocycles. The molecule has 3 atom stereocenters.